The summed E-state index contributed by atoms with van der Waals surface area (Å²) in [4.78, 5) is 22.2. The zero-order valence-corrected chi connectivity index (χ0v) is 15.4. The number of amides is 1. The third kappa shape index (κ3) is 4.35. The molecule has 0 spiro atoms. The normalized spacial score (nSPS) is 10.8. The summed E-state index contributed by atoms with van der Waals surface area (Å²) >= 11 is 1.70. The lowest BCUT2D eigenvalue weighted by Crippen LogP contribution is -2.23. The molecule has 0 saturated carbocycles. The Morgan fingerprint density at radius 3 is 2.63 bits per heavy atom. The van der Waals surface area contributed by atoms with Crippen molar-refractivity contribution < 1.29 is 4.79 Å². The van der Waals surface area contributed by atoms with E-state index in [0.29, 0.717) is 12.1 Å². The predicted molar refractivity (Wildman–Crippen MR) is 107 cm³/mol. The van der Waals surface area contributed by atoms with E-state index in [4.69, 9.17) is 0 Å². The monoisotopic (exact) mass is 374 g/mol. The van der Waals surface area contributed by atoms with Crippen LogP contribution in [0.2, 0.25) is 0 Å². The minimum atomic E-state index is -0.0995. The highest BCUT2D eigenvalue weighted by molar-refractivity contribution is 7.98. The number of carbonyl (C=O) groups is 1. The van der Waals surface area contributed by atoms with Crippen LogP contribution < -0.4 is 5.32 Å². The number of nitrogens with one attached hydrogen (secondary N) is 1. The summed E-state index contributed by atoms with van der Waals surface area (Å²) in [5.74, 6) is 0.685. The third-order valence-electron chi connectivity index (χ3n) is 4.07. The Bertz CT molecular complexity index is 1010. The highest BCUT2D eigenvalue weighted by Crippen LogP contribution is 2.23. The first-order valence-corrected chi connectivity index (χ1v) is 9.60. The molecule has 4 aromatic rings. The van der Waals surface area contributed by atoms with Gasteiger partial charge in [0.15, 0.2) is 0 Å². The summed E-state index contributed by atoms with van der Waals surface area (Å²) in [5, 5.41) is 2.89. The van der Waals surface area contributed by atoms with E-state index < -0.39 is 0 Å². The minimum Gasteiger partial charge on any atom is -0.346 e. The number of benzene rings is 1. The third-order valence-corrected chi connectivity index (χ3v) is 5.12. The van der Waals surface area contributed by atoms with Crippen LogP contribution in [-0.2, 0) is 12.3 Å². The molecule has 1 amide bonds. The number of hydrogen-bond acceptors (Lipinski definition) is 4. The van der Waals surface area contributed by atoms with Gasteiger partial charge in [-0.3, -0.25) is 9.78 Å². The van der Waals surface area contributed by atoms with Crippen LogP contribution in [-0.4, -0.2) is 20.3 Å². The van der Waals surface area contributed by atoms with Crippen LogP contribution >= 0.6 is 11.8 Å². The van der Waals surface area contributed by atoms with Crippen molar-refractivity contribution >= 4 is 23.3 Å². The van der Waals surface area contributed by atoms with Crippen LogP contribution in [0.1, 0.15) is 21.7 Å². The molecule has 0 atom stereocenters. The molecule has 0 aliphatic rings. The van der Waals surface area contributed by atoms with Crippen molar-refractivity contribution in [2.45, 2.75) is 17.2 Å². The molecular formula is C21H18N4OS. The van der Waals surface area contributed by atoms with Gasteiger partial charge in [-0.1, -0.05) is 12.1 Å². The van der Waals surface area contributed by atoms with Crippen molar-refractivity contribution in [3.63, 3.8) is 0 Å². The number of carbonyl (C=O) groups excluding carboxylic acids is 1. The summed E-state index contributed by atoms with van der Waals surface area (Å²) in [6, 6.07) is 19.2. The largest absolute Gasteiger partial charge is 0.346 e. The van der Waals surface area contributed by atoms with Gasteiger partial charge in [0, 0.05) is 34.8 Å². The summed E-state index contributed by atoms with van der Waals surface area (Å²) in [6.07, 6.45) is 5.76. The summed E-state index contributed by atoms with van der Waals surface area (Å²) in [7, 11) is 0. The quantitative estimate of drug-likeness (QED) is 0.519. The second-order valence-corrected chi connectivity index (χ2v) is 7.06. The number of thioether (sulfide) groups is 1. The Hall–Kier alpha value is -3.12. The van der Waals surface area contributed by atoms with Crippen molar-refractivity contribution in [2.75, 3.05) is 0 Å². The maximum Gasteiger partial charge on any atom is 0.251 e. The Morgan fingerprint density at radius 1 is 1.00 bits per heavy atom. The highest BCUT2D eigenvalue weighted by Gasteiger charge is 2.07. The maximum absolute atomic E-state index is 12.2. The zero-order valence-electron chi connectivity index (χ0n) is 14.6. The molecule has 27 heavy (non-hydrogen) atoms. The van der Waals surface area contributed by atoms with Gasteiger partial charge in [0.25, 0.3) is 5.91 Å². The van der Waals surface area contributed by atoms with Gasteiger partial charge in [-0.15, -0.1) is 11.8 Å². The lowest BCUT2D eigenvalue weighted by atomic mass is 10.2. The van der Waals surface area contributed by atoms with Gasteiger partial charge in [0.2, 0.25) is 0 Å². The molecule has 0 fully saturated rings. The fourth-order valence-corrected chi connectivity index (χ4v) is 3.47. The number of nitrogens with zero attached hydrogens (tertiary/aromatic N) is 3. The van der Waals surface area contributed by atoms with Crippen LogP contribution in [0.25, 0.3) is 5.65 Å². The van der Waals surface area contributed by atoms with Gasteiger partial charge >= 0.3 is 0 Å². The molecule has 0 unspecified atom stereocenters. The molecule has 1 N–H and O–H groups in total. The summed E-state index contributed by atoms with van der Waals surface area (Å²) in [5.41, 5.74) is 3.46. The first-order chi connectivity index (χ1) is 13.3. The molecular weight excluding hydrogens is 356 g/mol. The minimum absolute atomic E-state index is 0.0995. The van der Waals surface area contributed by atoms with Crippen LogP contribution in [0.4, 0.5) is 0 Å². The first-order valence-electron chi connectivity index (χ1n) is 8.61. The van der Waals surface area contributed by atoms with Gasteiger partial charge in [-0.25, -0.2) is 4.98 Å². The van der Waals surface area contributed by atoms with E-state index in [2.05, 4.69) is 15.3 Å². The van der Waals surface area contributed by atoms with Crippen molar-refractivity contribution in [3.8, 4) is 0 Å². The van der Waals surface area contributed by atoms with Gasteiger partial charge in [0.1, 0.15) is 5.65 Å². The fraction of sp³-hybridized carbons (Fsp3) is 0.0952. The summed E-state index contributed by atoms with van der Waals surface area (Å²) in [6.45, 7) is 0.421. The molecule has 0 saturated heterocycles. The molecule has 3 heterocycles. The van der Waals surface area contributed by atoms with E-state index in [1.165, 1.54) is 0 Å². The van der Waals surface area contributed by atoms with Gasteiger partial charge in [0.05, 0.1) is 17.9 Å². The van der Waals surface area contributed by atoms with Crippen LogP contribution in [0.3, 0.4) is 0 Å². The number of fused-ring (bicyclic) bond motifs is 1. The van der Waals surface area contributed by atoms with Crippen LogP contribution in [0.5, 0.6) is 0 Å². The van der Waals surface area contributed by atoms with E-state index in [0.717, 1.165) is 27.7 Å². The average Bonchev–Trinajstić information content (AvgIpc) is 3.15. The van der Waals surface area contributed by atoms with Crippen molar-refractivity contribution in [1.82, 2.24) is 19.7 Å². The number of pyridine rings is 2. The topological polar surface area (TPSA) is 59.3 Å². The number of hydrogen-bond donors (Lipinski definition) is 1. The Labute approximate surface area is 161 Å². The molecule has 3 aromatic heterocycles. The fourth-order valence-electron chi connectivity index (χ4n) is 2.69. The molecule has 4 rings (SSSR count). The molecule has 0 radical (unpaired) electrons. The molecule has 1 aromatic carbocycles. The van der Waals surface area contributed by atoms with Gasteiger partial charge in [-0.2, -0.15) is 0 Å². The predicted octanol–water partition coefficient (Wildman–Crippen LogP) is 3.95. The second kappa shape index (κ2) is 8.05. The zero-order chi connectivity index (χ0) is 18.5. The first kappa shape index (κ1) is 17.3. The van der Waals surface area contributed by atoms with Crippen molar-refractivity contribution in [2.24, 2.45) is 0 Å². The second-order valence-electron chi connectivity index (χ2n) is 6.02. The van der Waals surface area contributed by atoms with E-state index >= 15 is 0 Å². The Kier molecular flexibility index (Phi) is 5.16. The lowest BCUT2D eigenvalue weighted by Gasteiger charge is -2.06. The summed E-state index contributed by atoms with van der Waals surface area (Å²) < 4.78 is 2.02. The van der Waals surface area contributed by atoms with E-state index in [1.807, 2.05) is 77.5 Å². The van der Waals surface area contributed by atoms with Crippen LogP contribution in [0, 0.1) is 0 Å². The van der Waals surface area contributed by atoms with Crippen LogP contribution in [0.15, 0.2) is 84.1 Å². The SMILES string of the molecule is O=C(NCc1ccccn1)c1ccc(SCc2cn3ccccc3n2)cc1. The number of imidazole rings is 1. The molecule has 0 bridgehead atoms. The van der Waals surface area contributed by atoms with Gasteiger partial charge < -0.3 is 9.72 Å². The van der Waals surface area contributed by atoms with E-state index in [9.17, 15) is 4.79 Å². The number of aromatic nitrogens is 3. The lowest BCUT2D eigenvalue weighted by molar-refractivity contribution is 0.0950. The standard InChI is InChI=1S/C21H18N4OS/c26-21(23-13-17-5-1-3-11-22-17)16-7-9-19(10-8-16)27-15-18-14-25-12-4-2-6-20(25)24-18/h1-12,14H,13,15H2,(H,23,26). The van der Waals surface area contributed by atoms with E-state index in [-0.39, 0.29) is 5.91 Å². The number of rotatable bonds is 6. The molecule has 134 valence electrons. The smallest absolute Gasteiger partial charge is 0.251 e. The molecule has 6 heteroatoms. The Morgan fingerprint density at radius 2 is 1.85 bits per heavy atom. The molecule has 0 aliphatic heterocycles. The molecule has 0 aliphatic carbocycles. The van der Waals surface area contributed by atoms with Crippen molar-refractivity contribution in [3.05, 3.63) is 96.2 Å². The Balaban J connectivity index is 1.33. The van der Waals surface area contributed by atoms with E-state index in [1.54, 1.807) is 18.0 Å². The molecule has 5 nitrogen and oxygen atoms in total. The maximum atomic E-state index is 12.2. The van der Waals surface area contributed by atoms with Crippen molar-refractivity contribution in [1.29, 1.82) is 0 Å². The highest BCUT2D eigenvalue weighted by atomic mass is 32.2. The van der Waals surface area contributed by atoms with Gasteiger partial charge in [-0.05, 0) is 48.5 Å². The average molecular weight is 374 g/mol.